The Bertz CT molecular complexity index is 706. The molecule has 0 bridgehead atoms. The zero-order valence-electron chi connectivity index (χ0n) is 21.9. The number of aryl methyl sites for hydroxylation is 1. The number of amides is 1. The van der Waals surface area contributed by atoms with Gasteiger partial charge in [-0.1, -0.05) is 78.1 Å². The molecule has 33 heavy (non-hydrogen) atoms. The van der Waals surface area contributed by atoms with Gasteiger partial charge in [-0.15, -0.1) is 11.3 Å². The summed E-state index contributed by atoms with van der Waals surface area (Å²) in [6.07, 6.45) is 14.5. The van der Waals surface area contributed by atoms with Crippen molar-refractivity contribution in [3.63, 3.8) is 0 Å². The highest BCUT2D eigenvalue weighted by Crippen LogP contribution is 2.35. The van der Waals surface area contributed by atoms with E-state index in [9.17, 15) is 9.59 Å². The van der Waals surface area contributed by atoms with E-state index in [0.29, 0.717) is 17.2 Å². The van der Waals surface area contributed by atoms with Crippen molar-refractivity contribution in [1.29, 1.82) is 0 Å². The van der Waals surface area contributed by atoms with Crippen LogP contribution in [0.5, 0.6) is 0 Å². The van der Waals surface area contributed by atoms with Crippen molar-refractivity contribution in [3.05, 3.63) is 16.0 Å². The van der Waals surface area contributed by atoms with Gasteiger partial charge in [0, 0.05) is 4.88 Å². The number of nitrogens with one attached hydrogen (secondary N) is 1. The van der Waals surface area contributed by atoms with Crippen molar-refractivity contribution in [1.82, 2.24) is 0 Å². The van der Waals surface area contributed by atoms with Gasteiger partial charge < -0.3 is 9.47 Å². The number of carbonyl (C=O) groups excluding carboxylic acids is 2. The van der Waals surface area contributed by atoms with Gasteiger partial charge in [0.1, 0.15) is 10.6 Å². The van der Waals surface area contributed by atoms with E-state index in [1.165, 1.54) is 69.1 Å². The van der Waals surface area contributed by atoms with Gasteiger partial charge in [-0.3, -0.25) is 5.32 Å². The van der Waals surface area contributed by atoms with Gasteiger partial charge in [0.2, 0.25) is 0 Å². The molecule has 1 heterocycles. The van der Waals surface area contributed by atoms with Crippen LogP contribution in [-0.4, -0.2) is 24.3 Å². The summed E-state index contributed by atoms with van der Waals surface area (Å²) in [7, 11) is 0. The number of esters is 1. The summed E-state index contributed by atoms with van der Waals surface area (Å²) in [5.41, 5.74) is 0.780. The van der Waals surface area contributed by atoms with Gasteiger partial charge in [-0.2, -0.15) is 0 Å². The maximum absolute atomic E-state index is 12.9. The molecule has 0 aliphatic rings. The molecule has 5 nitrogen and oxygen atoms in total. The molecule has 0 atom stereocenters. The lowest BCUT2D eigenvalue weighted by Crippen LogP contribution is -2.25. The van der Waals surface area contributed by atoms with Crippen molar-refractivity contribution in [2.75, 3.05) is 11.9 Å². The first kappa shape index (κ1) is 29.5. The van der Waals surface area contributed by atoms with Crippen LogP contribution in [0.4, 0.5) is 9.80 Å². The van der Waals surface area contributed by atoms with Gasteiger partial charge in [0.15, 0.2) is 0 Å². The van der Waals surface area contributed by atoms with E-state index in [1.54, 1.807) is 0 Å². The Morgan fingerprint density at radius 2 is 1.39 bits per heavy atom. The zero-order chi connectivity index (χ0) is 24.7. The standard InChI is InChI=1S/C27H47NO4S/c1-7-9-11-13-15-17-19-22-21(3)23(25(29)32-27(4,5)6)24(33-22)28-26(30)31-20-18-16-14-12-10-8-2/h7-20H2,1-6H3,(H,28,30). The molecule has 0 aliphatic heterocycles. The fourth-order valence-corrected chi connectivity index (χ4v) is 4.92. The highest BCUT2D eigenvalue weighted by Gasteiger charge is 2.27. The predicted molar refractivity (Wildman–Crippen MR) is 140 cm³/mol. The fraction of sp³-hybridized carbons (Fsp3) is 0.778. The number of hydrogen-bond acceptors (Lipinski definition) is 5. The molecule has 0 fully saturated rings. The van der Waals surface area contributed by atoms with Crippen molar-refractivity contribution in [2.45, 2.75) is 131 Å². The second-order valence-corrected chi connectivity index (χ2v) is 11.0. The Morgan fingerprint density at radius 1 is 0.848 bits per heavy atom. The SMILES string of the molecule is CCCCCCCCOC(=O)Nc1sc(CCCCCCCC)c(C)c1C(=O)OC(C)(C)C. The molecule has 0 unspecified atom stereocenters. The summed E-state index contributed by atoms with van der Waals surface area (Å²) in [6, 6.07) is 0. The topological polar surface area (TPSA) is 64.6 Å². The fourth-order valence-electron chi connectivity index (χ4n) is 3.70. The monoisotopic (exact) mass is 481 g/mol. The van der Waals surface area contributed by atoms with Gasteiger partial charge in [0.25, 0.3) is 0 Å². The number of thiophene rings is 1. The van der Waals surface area contributed by atoms with Gasteiger partial charge >= 0.3 is 12.1 Å². The van der Waals surface area contributed by atoms with E-state index in [2.05, 4.69) is 19.2 Å². The van der Waals surface area contributed by atoms with Crippen LogP contribution < -0.4 is 5.32 Å². The van der Waals surface area contributed by atoms with Crippen LogP contribution in [0.1, 0.15) is 132 Å². The number of hydrogen-bond donors (Lipinski definition) is 1. The molecule has 0 radical (unpaired) electrons. The number of carbonyl (C=O) groups is 2. The van der Waals surface area contributed by atoms with Crippen LogP contribution in [0, 0.1) is 6.92 Å². The third kappa shape index (κ3) is 12.5. The van der Waals surface area contributed by atoms with E-state index in [-0.39, 0.29) is 0 Å². The minimum absolute atomic E-state index is 0.392. The largest absolute Gasteiger partial charge is 0.456 e. The average molecular weight is 482 g/mol. The van der Waals surface area contributed by atoms with E-state index < -0.39 is 17.7 Å². The quantitative estimate of drug-likeness (QED) is 0.189. The van der Waals surface area contributed by atoms with Gasteiger partial charge in [-0.25, -0.2) is 9.59 Å². The normalized spacial score (nSPS) is 11.5. The molecular weight excluding hydrogens is 434 g/mol. The Morgan fingerprint density at radius 3 is 1.97 bits per heavy atom. The Kier molecular flexibility index (Phi) is 14.4. The Balaban J connectivity index is 2.73. The number of rotatable bonds is 16. The molecule has 0 saturated heterocycles. The van der Waals surface area contributed by atoms with Crippen LogP contribution in [0.2, 0.25) is 0 Å². The highest BCUT2D eigenvalue weighted by molar-refractivity contribution is 7.16. The Labute approximate surface area is 206 Å². The van der Waals surface area contributed by atoms with Crippen LogP contribution in [0.3, 0.4) is 0 Å². The second-order valence-electron chi connectivity index (χ2n) is 9.90. The summed E-state index contributed by atoms with van der Waals surface area (Å²) in [4.78, 5) is 26.5. The molecule has 0 aliphatic carbocycles. The summed E-state index contributed by atoms with van der Waals surface area (Å²) < 4.78 is 11.0. The summed E-state index contributed by atoms with van der Waals surface area (Å²) in [5, 5.41) is 3.36. The zero-order valence-corrected chi connectivity index (χ0v) is 22.8. The van der Waals surface area contributed by atoms with Crippen LogP contribution in [-0.2, 0) is 15.9 Å². The van der Waals surface area contributed by atoms with Crippen LogP contribution >= 0.6 is 11.3 Å². The summed E-state index contributed by atoms with van der Waals surface area (Å²) in [6.45, 7) is 12.3. The maximum Gasteiger partial charge on any atom is 0.412 e. The first-order valence-corrected chi connectivity index (χ1v) is 13.8. The minimum Gasteiger partial charge on any atom is -0.456 e. The third-order valence-electron chi connectivity index (χ3n) is 5.55. The van der Waals surface area contributed by atoms with E-state index in [1.807, 2.05) is 27.7 Å². The first-order chi connectivity index (χ1) is 15.7. The number of anilines is 1. The smallest absolute Gasteiger partial charge is 0.412 e. The molecule has 1 aromatic rings. The third-order valence-corrected chi connectivity index (χ3v) is 6.82. The van der Waals surface area contributed by atoms with Crippen LogP contribution in [0.25, 0.3) is 0 Å². The molecule has 6 heteroatoms. The maximum atomic E-state index is 12.9. The highest BCUT2D eigenvalue weighted by atomic mass is 32.1. The van der Waals surface area contributed by atoms with Crippen molar-refractivity contribution in [3.8, 4) is 0 Å². The Hall–Kier alpha value is -1.56. The average Bonchev–Trinajstić information content (AvgIpc) is 3.03. The molecule has 0 aromatic carbocycles. The van der Waals surface area contributed by atoms with Gasteiger partial charge in [-0.05, 0) is 52.5 Å². The minimum atomic E-state index is -0.597. The second kappa shape index (κ2) is 16.1. The lowest BCUT2D eigenvalue weighted by molar-refractivity contribution is 0.00704. The van der Waals surface area contributed by atoms with Crippen LogP contribution in [0.15, 0.2) is 0 Å². The molecule has 0 saturated carbocycles. The molecule has 1 amide bonds. The first-order valence-electron chi connectivity index (χ1n) is 13.0. The van der Waals surface area contributed by atoms with Crippen molar-refractivity contribution < 1.29 is 19.1 Å². The number of ether oxygens (including phenoxy) is 2. The predicted octanol–water partition coefficient (Wildman–Crippen LogP) is 8.82. The summed E-state index contributed by atoms with van der Waals surface area (Å²) in [5.74, 6) is -0.392. The number of unbranched alkanes of at least 4 members (excludes halogenated alkanes) is 10. The van der Waals surface area contributed by atoms with Gasteiger partial charge in [0.05, 0.1) is 12.2 Å². The van der Waals surface area contributed by atoms with Crippen molar-refractivity contribution >= 4 is 28.4 Å². The lowest BCUT2D eigenvalue weighted by atomic mass is 10.1. The lowest BCUT2D eigenvalue weighted by Gasteiger charge is -2.20. The molecule has 1 aromatic heterocycles. The molecular formula is C27H47NO4S. The summed E-state index contributed by atoms with van der Waals surface area (Å²) >= 11 is 1.48. The molecule has 190 valence electrons. The molecule has 1 N–H and O–H groups in total. The van der Waals surface area contributed by atoms with E-state index in [0.717, 1.165) is 36.1 Å². The van der Waals surface area contributed by atoms with Crippen molar-refractivity contribution in [2.24, 2.45) is 0 Å². The van der Waals surface area contributed by atoms with E-state index >= 15 is 0 Å². The molecule has 1 rings (SSSR count). The molecule has 0 spiro atoms. The van der Waals surface area contributed by atoms with E-state index in [4.69, 9.17) is 9.47 Å².